The Morgan fingerprint density at radius 3 is 2.47 bits per heavy atom. The monoisotopic (exact) mass is 305 g/mol. The van der Waals surface area contributed by atoms with Crippen LogP contribution in [0.3, 0.4) is 0 Å². The van der Waals surface area contributed by atoms with Crippen LogP contribution in [0.25, 0.3) is 0 Å². The molecule has 0 bridgehead atoms. The van der Waals surface area contributed by atoms with Gasteiger partial charge in [-0.15, -0.1) is 11.6 Å². The largest absolute Gasteiger partial charge is 0.494 e. The summed E-state index contributed by atoms with van der Waals surface area (Å²) in [5.41, 5.74) is 0.551. The van der Waals surface area contributed by atoms with Gasteiger partial charge in [0.1, 0.15) is 5.75 Å². The Balaban J connectivity index is 2.52. The van der Waals surface area contributed by atoms with Gasteiger partial charge in [-0.05, 0) is 43.5 Å². The first-order valence-electron chi connectivity index (χ1n) is 6.36. The maximum absolute atomic E-state index is 11.7. The minimum Gasteiger partial charge on any atom is -0.494 e. The Morgan fingerprint density at radius 2 is 1.89 bits per heavy atom. The quantitative estimate of drug-likeness (QED) is 0.563. The van der Waals surface area contributed by atoms with Crippen LogP contribution in [-0.4, -0.2) is 26.7 Å². The molecular weight excluding hydrogens is 286 g/mol. The molecule has 1 N–H and O–H groups in total. The van der Waals surface area contributed by atoms with Crippen LogP contribution in [-0.2, 0) is 10.0 Å². The second-order valence-electron chi connectivity index (χ2n) is 4.19. The summed E-state index contributed by atoms with van der Waals surface area (Å²) >= 11 is 5.52. The standard InChI is InChI=1S/C13H20ClNO3S/c1-2-10-18-13-7-5-12(6-8-13)15-19(16,17)11-4-3-9-14/h5-8,15H,2-4,9-11H2,1H3. The van der Waals surface area contributed by atoms with Crippen molar-refractivity contribution in [3.05, 3.63) is 24.3 Å². The molecule has 0 aromatic heterocycles. The van der Waals surface area contributed by atoms with Crippen LogP contribution in [0.1, 0.15) is 26.2 Å². The van der Waals surface area contributed by atoms with Crippen LogP contribution in [0.2, 0.25) is 0 Å². The lowest BCUT2D eigenvalue weighted by atomic mass is 10.3. The fraction of sp³-hybridized carbons (Fsp3) is 0.538. The second kappa shape index (κ2) is 8.27. The van der Waals surface area contributed by atoms with E-state index < -0.39 is 10.0 Å². The molecule has 19 heavy (non-hydrogen) atoms. The number of anilines is 1. The predicted octanol–water partition coefficient (Wildman–Crippen LogP) is 3.24. The molecule has 4 nitrogen and oxygen atoms in total. The number of unbranched alkanes of at least 4 members (excludes halogenated alkanes) is 1. The van der Waals surface area contributed by atoms with Gasteiger partial charge < -0.3 is 4.74 Å². The van der Waals surface area contributed by atoms with Crippen LogP contribution in [0.5, 0.6) is 5.75 Å². The normalized spacial score (nSPS) is 11.3. The number of nitrogens with one attached hydrogen (secondary N) is 1. The third kappa shape index (κ3) is 6.68. The van der Waals surface area contributed by atoms with E-state index >= 15 is 0 Å². The molecule has 0 atom stereocenters. The first-order chi connectivity index (χ1) is 9.07. The van der Waals surface area contributed by atoms with E-state index in [1.54, 1.807) is 24.3 Å². The van der Waals surface area contributed by atoms with Gasteiger partial charge in [0.15, 0.2) is 0 Å². The van der Waals surface area contributed by atoms with Gasteiger partial charge in [-0.3, -0.25) is 4.72 Å². The smallest absolute Gasteiger partial charge is 0.232 e. The van der Waals surface area contributed by atoms with E-state index in [1.165, 1.54) is 0 Å². The Morgan fingerprint density at radius 1 is 1.21 bits per heavy atom. The molecule has 1 aromatic carbocycles. The molecule has 108 valence electrons. The highest BCUT2D eigenvalue weighted by atomic mass is 35.5. The number of ether oxygens (including phenoxy) is 1. The third-order valence-corrected chi connectivity index (χ3v) is 4.04. The second-order valence-corrected chi connectivity index (χ2v) is 6.41. The molecule has 0 radical (unpaired) electrons. The van der Waals surface area contributed by atoms with Crippen molar-refractivity contribution in [3.8, 4) is 5.75 Å². The van der Waals surface area contributed by atoms with Crippen molar-refractivity contribution in [2.75, 3.05) is 23.0 Å². The predicted molar refractivity (Wildman–Crippen MR) is 79.6 cm³/mol. The Kier molecular flexibility index (Phi) is 7.02. The first-order valence-corrected chi connectivity index (χ1v) is 8.55. The van der Waals surface area contributed by atoms with E-state index in [9.17, 15) is 8.42 Å². The molecule has 0 saturated carbocycles. The summed E-state index contributed by atoms with van der Waals surface area (Å²) in [5, 5.41) is 0. The summed E-state index contributed by atoms with van der Waals surface area (Å²) < 4.78 is 31.5. The van der Waals surface area contributed by atoms with Gasteiger partial charge in [-0.1, -0.05) is 6.92 Å². The van der Waals surface area contributed by atoms with Crippen LogP contribution < -0.4 is 9.46 Å². The van der Waals surface area contributed by atoms with Crippen molar-refractivity contribution >= 4 is 27.3 Å². The van der Waals surface area contributed by atoms with Gasteiger partial charge in [-0.25, -0.2) is 8.42 Å². The van der Waals surface area contributed by atoms with Crippen molar-refractivity contribution in [2.45, 2.75) is 26.2 Å². The van der Waals surface area contributed by atoms with Gasteiger partial charge >= 0.3 is 0 Å². The third-order valence-electron chi connectivity index (χ3n) is 2.40. The summed E-state index contributed by atoms with van der Waals surface area (Å²) in [7, 11) is -3.29. The molecule has 0 aliphatic carbocycles. The van der Waals surface area contributed by atoms with Gasteiger partial charge in [0, 0.05) is 11.6 Å². The summed E-state index contributed by atoms with van der Waals surface area (Å²) in [6, 6.07) is 6.91. The van der Waals surface area contributed by atoms with Gasteiger partial charge in [0.25, 0.3) is 0 Å². The lowest BCUT2D eigenvalue weighted by molar-refractivity contribution is 0.317. The number of halogens is 1. The van der Waals surface area contributed by atoms with Gasteiger partial charge in [-0.2, -0.15) is 0 Å². The zero-order valence-corrected chi connectivity index (χ0v) is 12.6. The molecule has 1 aromatic rings. The van der Waals surface area contributed by atoms with Gasteiger partial charge in [0.2, 0.25) is 10.0 Å². The van der Waals surface area contributed by atoms with E-state index in [0.717, 1.165) is 12.2 Å². The molecular formula is C13H20ClNO3S. The maximum atomic E-state index is 11.7. The summed E-state index contributed by atoms with van der Waals surface area (Å²) in [4.78, 5) is 0. The lowest BCUT2D eigenvalue weighted by Gasteiger charge is -2.09. The fourth-order valence-corrected chi connectivity index (χ4v) is 2.83. The minimum absolute atomic E-state index is 0.0911. The molecule has 0 spiro atoms. The van der Waals surface area contributed by atoms with Crippen molar-refractivity contribution in [2.24, 2.45) is 0 Å². The molecule has 0 amide bonds. The zero-order chi connectivity index (χ0) is 14.1. The maximum Gasteiger partial charge on any atom is 0.232 e. The SMILES string of the molecule is CCCOc1ccc(NS(=O)(=O)CCCCCl)cc1. The van der Waals surface area contributed by atoms with Crippen LogP contribution in [0.4, 0.5) is 5.69 Å². The number of alkyl halides is 1. The number of hydrogen-bond acceptors (Lipinski definition) is 3. The van der Waals surface area contributed by atoms with Crippen molar-refractivity contribution in [3.63, 3.8) is 0 Å². The molecule has 0 fully saturated rings. The van der Waals surface area contributed by atoms with E-state index in [0.29, 0.717) is 31.0 Å². The van der Waals surface area contributed by atoms with Crippen molar-refractivity contribution in [1.29, 1.82) is 0 Å². The Hall–Kier alpha value is -0.940. The van der Waals surface area contributed by atoms with Crippen molar-refractivity contribution < 1.29 is 13.2 Å². The fourth-order valence-electron chi connectivity index (χ4n) is 1.46. The van der Waals surface area contributed by atoms with Crippen LogP contribution >= 0.6 is 11.6 Å². The molecule has 6 heteroatoms. The average molecular weight is 306 g/mol. The topological polar surface area (TPSA) is 55.4 Å². The number of sulfonamides is 1. The molecule has 0 heterocycles. The Bertz CT molecular complexity index is 459. The summed E-state index contributed by atoms with van der Waals surface area (Å²) in [6.45, 7) is 2.69. The molecule has 0 aliphatic rings. The molecule has 0 unspecified atom stereocenters. The van der Waals surface area contributed by atoms with E-state index in [1.807, 2.05) is 6.92 Å². The lowest BCUT2D eigenvalue weighted by Crippen LogP contribution is -2.16. The Labute approximate surface area is 120 Å². The number of hydrogen-bond donors (Lipinski definition) is 1. The first kappa shape index (κ1) is 16.1. The number of rotatable bonds is 9. The summed E-state index contributed by atoms with van der Waals surface area (Å²) in [5.74, 6) is 1.32. The van der Waals surface area contributed by atoms with E-state index in [4.69, 9.17) is 16.3 Å². The highest BCUT2D eigenvalue weighted by Gasteiger charge is 2.09. The van der Waals surface area contributed by atoms with Crippen LogP contribution in [0.15, 0.2) is 24.3 Å². The van der Waals surface area contributed by atoms with E-state index in [-0.39, 0.29) is 5.75 Å². The highest BCUT2D eigenvalue weighted by Crippen LogP contribution is 2.17. The molecule has 0 saturated heterocycles. The van der Waals surface area contributed by atoms with Gasteiger partial charge in [0.05, 0.1) is 12.4 Å². The minimum atomic E-state index is -3.29. The van der Waals surface area contributed by atoms with E-state index in [2.05, 4.69) is 4.72 Å². The summed E-state index contributed by atoms with van der Waals surface area (Å²) in [6.07, 6.45) is 2.21. The molecule has 0 aliphatic heterocycles. The van der Waals surface area contributed by atoms with Crippen molar-refractivity contribution in [1.82, 2.24) is 0 Å². The van der Waals surface area contributed by atoms with Crippen LogP contribution in [0, 0.1) is 0 Å². The highest BCUT2D eigenvalue weighted by molar-refractivity contribution is 7.92. The number of benzene rings is 1. The molecule has 1 rings (SSSR count). The zero-order valence-electron chi connectivity index (χ0n) is 11.1. The average Bonchev–Trinajstić information content (AvgIpc) is 2.38.